The second-order valence-electron chi connectivity index (χ2n) is 4.14. The van der Waals surface area contributed by atoms with Gasteiger partial charge in [0.25, 0.3) is 0 Å². The molecule has 0 bridgehead atoms. The van der Waals surface area contributed by atoms with E-state index in [-0.39, 0.29) is 0 Å². The lowest BCUT2D eigenvalue weighted by Crippen LogP contribution is -2.77. The van der Waals surface area contributed by atoms with Crippen LogP contribution in [0, 0.1) is 5.21 Å². The highest BCUT2D eigenvalue weighted by molar-refractivity contribution is 4.46. The van der Waals surface area contributed by atoms with Gasteiger partial charge in [-0.05, 0) is 12.8 Å². The third-order valence-electron chi connectivity index (χ3n) is 2.68. The Balaban J connectivity index is 2.78. The van der Waals surface area contributed by atoms with Gasteiger partial charge in [0.15, 0.2) is 0 Å². The predicted molar refractivity (Wildman–Crippen MR) is 62.0 cm³/mol. The maximum Gasteiger partial charge on any atom is 0.0752 e. The van der Waals surface area contributed by atoms with Crippen molar-refractivity contribution in [3.8, 4) is 0 Å². The number of unbranched alkanes of at least 4 members (excludes halogenated alkanes) is 9. The molecule has 86 valence electrons. The minimum absolute atomic E-state index is 0.760. The van der Waals surface area contributed by atoms with Crippen molar-refractivity contribution < 1.29 is 5.48 Å². The van der Waals surface area contributed by atoms with Crippen molar-refractivity contribution in [2.24, 2.45) is 0 Å². The first-order valence-corrected chi connectivity index (χ1v) is 6.35. The Morgan fingerprint density at radius 3 is 1.57 bits per heavy atom. The van der Waals surface area contributed by atoms with Gasteiger partial charge in [-0.3, -0.25) is 0 Å². The van der Waals surface area contributed by atoms with Crippen LogP contribution in [0.3, 0.4) is 0 Å². The lowest BCUT2D eigenvalue weighted by atomic mass is 10.1. The lowest BCUT2D eigenvalue weighted by Gasteiger charge is -2.02. The Hall–Kier alpha value is -0.0800. The maximum atomic E-state index is 10.0. The molecule has 0 heterocycles. The average molecular weight is 201 g/mol. The quantitative estimate of drug-likeness (QED) is 0.405. The minimum Gasteiger partial charge on any atom is -0.636 e. The Morgan fingerprint density at radius 1 is 0.714 bits per heavy atom. The fourth-order valence-corrected chi connectivity index (χ4v) is 1.72. The van der Waals surface area contributed by atoms with Crippen LogP contribution in [0.4, 0.5) is 0 Å². The first kappa shape index (κ1) is 13.9. The molecular weight excluding hydrogens is 174 g/mol. The van der Waals surface area contributed by atoms with Crippen LogP contribution in [0.5, 0.6) is 0 Å². The van der Waals surface area contributed by atoms with Crippen LogP contribution in [0.15, 0.2) is 0 Å². The first-order chi connectivity index (χ1) is 6.91. The van der Waals surface area contributed by atoms with E-state index in [1.807, 2.05) is 0 Å². The Morgan fingerprint density at radius 2 is 1.14 bits per heavy atom. The summed E-state index contributed by atoms with van der Waals surface area (Å²) in [4.78, 5) is 0. The zero-order chi connectivity index (χ0) is 10.5. The highest BCUT2D eigenvalue weighted by Gasteiger charge is 1.91. The fraction of sp³-hybridized carbons (Fsp3) is 1.00. The summed E-state index contributed by atoms with van der Waals surface area (Å²) < 4.78 is 0. The molecule has 0 rings (SSSR count). The SMILES string of the molecule is CCCCCCCCCCCC[NH2+][O-]. The maximum absolute atomic E-state index is 10.0. The van der Waals surface area contributed by atoms with Gasteiger partial charge in [-0.25, -0.2) is 0 Å². The molecule has 14 heavy (non-hydrogen) atoms. The van der Waals surface area contributed by atoms with E-state index < -0.39 is 0 Å². The highest BCUT2D eigenvalue weighted by Crippen LogP contribution is 2.09. The molecular formula is C12H27NO. The summed E-state index contributed by atoms with van der Waals surface area (Å²) in [6.45, 7) is 3.02. The second kappa shape index (κ2) is 12.9. The standard InChI is InChI=1S/C12H27NO/c1-2-3-4-5-6-7-8-9-10-11-12-13-14/h2-13H2,1H3. The highest BCUT2D eigenvalue weighted by atomic mass is 16.5. The molecule has 0 aliphatic carbocycles. The Kier molecular flexibility index (Phi) is 12.8. The van der Waals surface area contributed by atoms with Crippen molar-refractivity contribution >= 4 is 0 Å². The van der Waals surface area contributed by atoms with Crippen molar-refractivity contribution in [1.29, 1.82) is 0 Å². The summed E-state index contributed by atoms with van der Waals surface area (Å²) in [5.41, 5.74) is 1.03. The number of hydroxylamine groups is 1. The van der Waals surface area contributed by atoms with Crippen molar-refractivity contribution in [1.82, 2.24) is 0 Å². The minimum atomic E-state index is 0.760. The number of hydrogen-bond donors (Lipinski definition) is 1. The van der Waals surface area contributed by atoms with Crippen molar-refractivity contribution in [2.75, 3.05) is 6.54 Å². The summed E-state index contributed by atoms with van der Waals surface area (Å²) in [5.74, 6) is 0. The molecule has 2 heteroatoms. The molecule has 0 aliphatic heterocycles. The number of quaternary nitrogens is 1. The smallest absolute Gasteiger partial charge is 0.0752 e. The monoisotopic (exact) mass is 201 g/mol. The van der Waals surface area contributed by atoms with Gasteiger partial charge in [0.05, 0.1) is 6.54 Å². The van der Waals surface area contributed by atoms with Crippen LogP contribution in [0.1, 0.15) is 71.1 Å². The van der Waals surface area contributed by atoms with Gasteiger partial charge in [0.1, 0.15) is 0 Å². The van der Waals surface area contributed by atoms with Gasteiger partial charge in [0, 0.05) is 0 Å². The van der Waals surface area contributed by atoms with Crippen molar-refractivity contribution in [3.63, 3.8) is 0 Å². The molecule has 2 nitrogen and oxygen atoms in total. The largest absolute Gasteiger partial charge is 0.636 e. The molecule has 0 saturated carbocycles. The summed E-state index contributed by atoms with van der Waals surface area (Å²) in [6.07, 6.45) is 13.4. The topological polar surface area (TPSA) is 39.7 Å². The molecule has 0 fully saturated rings. The summed E-state index contributed by atoms with van der Waals surface area (Å²) in [7, 11) is 0. The lowest BCUT2D eigenvalue weighted by molar-refractivity contribution is -0.589. The summed E-state index contributed by atoms with van der Waals surface area (Å²) >= 11 is 0. The average Bonchev–Trinajstić information content (AvgIpc) is 2.21. The zero-order valence-electron chi connectivity index (χ0n) is 9.76. The van der Waals surface area contributed by atoms with E-state index in [9.17, 15) is 5.21 Å². The molecule has 0 aromatic heterocycles. The molecule has 0 spiro atoms. The number of rotatable bonds is 11. The third-order valence-corrected chi connectivity index (χ3v) is 2.68. The van der Waals surface area contributed by atoms with Crippen molar-refractivity contribution in [2.45, 2.75) is 71.1 Å². The van der Waals surface area contributed by atoms with E-state index in [0.29, 0.717) is 0 Å². The molecule has 0 atom stereocenters. The normalized spacial score (nSPS) is 10.7. The van der Waals surface area contributed by atoms with Crippen LogP contribution in [0.25, 0.3) is 0 Å². The van der Waals surface area contributed by atoms with Gasteiger partial charge in [0.2, 0.25) is 0 Å². The van der Waals surface area contributed by atoms with Crippen molar-refractivity contribution in [3.05, 3.63) is 5.21 Å². The number of nitrogens with two attached hydrogens (primary N) is 1. The third kappa shape index (κ3) is 11.9. The van der Waals surface area contributed by atoms with Gasteiger partial charge in [-0.1, -0.05) is 58.3 Å². The summed E-state index contributed by atoms with van der Waals surface area (Å²) in [5, 5.41) is 10.0. The van der Waals surface area contributed by atoms with E-state index in [2.05, 4.69) is 6.92 Å². The van der Waals surface area contributed by atoms with Gasteiger partial charge in [-0.2, -0.15) is 0 Å². The Bertz CT molecular complexity index is 84.3. The Labute approximate surface area is 89.1 Å². The van der Waals surface area contributed by atoms with Crippen LogP contribution in [-0.2, 0) is 0 Å². The van der Waals surface area contributed by atoms with Crippen LogP contribution >= 0.6 is 0 Å². The molecule has 0 unspecified atom stereocenters. The molecule has 2 N–H and O–H groups in total. The van der Waals surface area contributed by atoms with Crippen LogP contribution < -0.4 is 5.48 Å². The molecule has 0 aromatic carbocycles. The second-order valence-corrected chi connectivity index (χ2v) is 4.14. The molecule has 0 aliphatic rings. The zero-order valence-corrected chi connectivity index (χ0v) is 9.76. The molecule has 0 saturated heterocycles. The first-order valence-electron chi connectivity index (χ1n) is 6.35. The van der Waals surface area contributed by atoms with E-state index in [4.69, 9.17) is 0 Å². The molecule has 0 amide bonds. The summed E-state index contributed by atoms with van der Waals surface area (Å²) in [6, 6.07) is 0. The number of hydrogen-bond acceptors (Lipinski definition) is 1. The van der Waals surface area contributed by atoms with Gasteiger partial charge in [-0.15, -0.1) is 0 Å². The van der Waals surface area contributed by atoms with Crippen LogP contribution in [-0.4, -0.2) is 6.54 Å². The van der Waals surface area contributed by atoms with Gasteiger partial charge < -0.3 is 10.7 Å². The molecule has 0 radical (unpaired) electrons. The van der Waals surface area contributed by atoms with Crippen LogP contribution in [0.2, 0.25) is 0 Å². The van der Waals surface area contributed by atoms with E-state index in [1.165, 1.54) is 57.8 Å². The van der Waals surface area contributed by atoms with E-state index in [1.54, 1.807) is 0 Å². The molecule has 0 aromatic rings. The predicted octanol–water partition coefficient (Wildman–Crippen LogP) is 2.97. The van der Waals surface area contributed by atoms with E-state index >= 15 is 0 Å². The van der Waals surface area contributed by atoms with E-state index in [0.717, 1.165) is 18.4 Å². The fourth-order valence-electron chi connectivity index (χ4n) is 1.72. The van der Waals surface area contributed by atoms with Gasteiger partial charge >= 0.3 is 0 Å².